The van der Waals surface area contributed by atoms with Crippen LogP contribution in [0.1, 0.15) is 16.1 Å². The van der Waals surface area contributed by atoms with Gasteiger partial charge in [-0.3, -0.25) is 4.90 Å². The zero-order chi connectivity index (χ0) is 13.1. The molecule has 96 valence electrons. The summed E-state index contributed by atoms with van der Waals surface area (Å²) in [7, 11) is 0. The van der Waals surface area contributed by atoms with E-state index < -0.39 is 0 Å². The quantitative estimate of drug-likeness (QED) is 0.842. The number of ether oxygens (including phenoxy) is 1. The van der Waals surface area contributed by atoms with E-state index in [9.17, 15) is 4.79 Å². The van der Waals surface area contributed by atoms with Gasteiger partial charge in [0.25, 0.3) is 0 Å². The van der Waals surface area contributed by atoms with Crippen LogP contribution in [-0.4, -0.2) is 16.0 Å². The molecular weight excluding hydrogens is 260 g/mol. The molecule has 0 unspecified atom stereocenters. The molecule has 0 N–H and O–H groups in total. The maximum Gasteiger partial charge on any atom is 0.414 e. The van der Waals surface area contributed by atoms with E-state index in [1.54, 1.807) is 17.3 Å². The molecule has 19 heavy (non-hydrogen) atoms. The second kappa shape index (κ2) is 5.24. The van der Waals surface area contributed by atoms with Crippen molar-refractivity contribution in [1.82, 2.24) is 9.88 Å². The van der Waals surface area contributed by atoms with Gasteiger partial charge in [-0.2, -0.15) is 0 Å². The monoisotopic (exact) mass is 272 g/mol. The fourth-order valence-corrected chi connectivity index (χ4v) is 2.43. The Balaban J connectivity index is 1.63. The smallest absolute Gasteiger partial charge is 0.414 e. The molecule has 2 aromatic rings. The van der Waals surface area contributed by atoms with Crippen molar-refractivity contribution in [3.8, 4) is 0 Å². The molecular formula is C14H12N2O2S. The van der Waals surface area contributed by atoms with E-state index >= 15 is 0 Å². The summed E-state index contributed by atoms with van der Waals surface area (Å²) in [6, 6.07) is 8.00. The third-order valence-corrected chi connectivity index (χ3v) is 3.62. The summed E-state index contributed by atoms with van der Waals surface area (Å²) in [5.74, 6) is 0. The molecule has 0 bridgehead atoms. The molecule has 4 nitrogen and oxygen atoms in total. The number of carbonyl (C=O) groups is 1. The molecule has 0 spiro atoms. The molecule has 1 amide bonds. The third-order valence-electron chi connectivity index (χ3n) is 2.87. The maximum absolute atomic E-state index is 11.9. The highest BCUT2D eigenvalue weighted by Gasteiger charge is 2.17. The first kappa shape index (κ1) is 11.9. The van der Waals surface area contributed by atoms with Gasteiger partial charge < -0.3 is 4.74 Å². The summed E-state index contributed by atoms with van der Waals surface area (Å²) >= 11 is 1.48. The minimum Gasteiger partial charge on any atom is -0.442 e. The van der Waals surface area contributed by atoms with Crippen molar-refractivity contribution in [2.24, 2.45) is 0 Å². The average Bonchev–Trinajstić information content (AvgIpc) is 2.97. The van der Waals surface area contributed by atoms with Crippen molar-refractivity contribution in [3.05, 3.63) is 58.2 Å². The van der Waals surface area contributed by atoms with Crippen LogP contribution in [0.25, 0.3) is 6.08 Å². The predicted molar refractivity (Wildman–Crippen MR) is 73.3 cm³/mol. The van der Waals surface area contributed by atoms with E-state index in [0.717, 1.165) is 16.1 Å². The Bertz CT molecular complexity index is 608. The fraction of sp³-hybridized carbons (Fsp3) is 0.143. The zero-order valence-electron chi connectivity index (χ0n) is 10.2. The van der Waals surface area contributed by atoms with E-state index in [2.05, 4.69) is 4.98 Å². The summed E-state index contributed by atoms with van der Waals surface area (Å²) in [4.78, 5) is 17.6. The average molecular weight is 272 g/mol. The molecule has 0 saturated heterocycles. The molecule has 2 heterocycles. The van der Waals surface area contributed by atoms with Gasteiger partial charge in [-0.05, 0) is 17.2 Å². The molecule has 0 atom stereocenters. The topological polar surface area (TPSA) is 42.4 Å². The Morgan fingerprint density at radius 1 is 1.42 bits per heavy atom. The van der Waals surface area contributed by atoms with Crippen molar-refractivity contribution in [3.63, 3.8) is 0 Å². The second-order valence-corrected chi connectivity index (χ2v) is 5.10. The summed E-state index contributed by atoms with van der Waals surface area (Å²) in [5, 5.41) is 2.66. The number of benzene rings is 1. The minimum atomic E-state index is -0.346. The highest BCUT2D eigenvalue weighted by atomic mass is 32.1. The first-order valence-corrected chi connectivity index (χ1v) is 6.79. The van der Waals surface area contributed by atoms with Crippen LogP contribution in [0.5, 0.6) is 0 Å². The van der Waals surface area contributed by atoms with Crippen LogP contribution in [0.3, 0.4) is 0 Å². The van der Waals surface area contributed by atoms with E-state index in [-0.39, 0.29) is 12.7 Å². The maximum atomic E-state index is 11.9. The summed E-state index contributed by atoms with van der Waals surface area (Å²) in [5.41, 5.74) is 2.27. The van der Waals surface area contributed by atoms with Crippen LogP contribution in [0.15, 0.2) is 42.0 Å². The highest BCUT2D eigenvalue weighted by Crippen LogP contribution is 2.20. The molecule has 1 aliphatic rings. The first-order valence-electron chi connectivity index (χ1n) is 5.91. The largest absolute Gasteiger partial charge is 0.442 e. The van der Waals surface area contributed by atoms with Gasteiger partial charge in [-0.1, -0.05) is 24.3 Å². The number of hydrogen-bond donors (Lipinski definition) is 0. The Labute approximate surface area is 115 Å². The number of carbonyl (C=O) groups excluding carboxylic acids is 1. The summed E-state index contributed by atoms with van der Waals surface area (Å²) in [6.07, 6.45) is 5.03. The van der Waals surface area contributed by atoms with Crippen LogP contribution in [0.4, 0.5) is 4.79 Å². The Morgan fingerprint density at radius 3 is 3.16 bits per heavy atom. The van der Waals surface area contributed by atoms with Gasteiger partial charge in [0.2, 0.25) is 0 Å². The lowest BCUT2D eigenvalue weighted by atomic mass is 10.1. The summed E-state index contributed by atoms with van der Waals surface area (Å²) < 4.78 is 5.22. The van der Waals surface area contributed by atoms with Gasteiger partial charge in [0.15, 0.2) is 0 Å². The number of rotatable bonds is 2. The first-order chi connectivity index (χ1) is 9.33. The van der Waals surface area contributed by atoms with E-state index in [0.29, 0.717) is 6.54 Å². The number of fused-ring (bicyclic) bond motifs is 1. The highest BCUT2D eigenvalue weighted by molar-refractivity contribution is 7.09. The Morgan fingerprint density at radius 2 is 2.32 bits per heavy atom. The Hall–Kier alpha value is -2.14. The van der Waals surface area contributed by atoms with E-state index in [4.69, 9.17) is 4.74 Å². The molecule has 0 aliphatic carbocycles. The van der Waals surface area contributed by atoms with Crippen molar-refractivity contribution >= 4 is 23.5 Å². The van der Waals surface area contributed by atoms with Crippen molar-refractivity contribution in [2.45, 2.75) is 13.2 Å². The van der Waals surface area contributed by atoms with Crippen molar-refractivity contribution in [2.75, 3.05) is 0 Å². The molecule has 5 heteroatoms. The third kappa shape index (κ3) is 2.66. The van der Waals surface area contributed by atoms with Crippen LogP contribution in [-0.2, 0) is 17.9 Å². The van der Waals surface area contributed by atoms with Crippen molar-refractivity contribution in [1.29, 1.82) is 0 Å². The molecule has 3 rings (SSSR count). The number of aromatic nitrogens is 1. The Kier molecular flexibility index (Phi) is 3.29. The zero-order valence-corrected chi connectivity index (χ0v) is 11.0. The van der Waals surface area contributed by atoms with Gasteiger partial charge in [0.05, 0.1) is 6.54 Å². The number of hydrogen-bond acceptors (Lipinski definition) is 4. The standard InChI is InChI=1S/C14H12N2O2S/c17-14(18-10-13-15-6-8-19-13)16-7-5-11-3-1-2-4-12(11)9-16/h1-8H,9-10H2. The fourth-order valence-electron chi connectivity index (χ4n) is 1.90. The predicted octanol–water partition coefficient (Wildman–Crippen LogP) is 3.27. The van der Waals surface area contributed by atoms with E-state index in [1.165, 1.54) is 11.3 Å². The molecule has 1 aliphatic heterocycles. The molecule has 0 fully saturated rings. The molecule has 0 radical (unpaired) electrons. The van der Waals surface area contributed by atoms with Gasteiger partial charge in [0, 0.05) is 17.8 Å². The molecule has 0 saturated carbocycles. The SMILES string of the molecule is O=C(OCc1nccs1)N1C=Cc2ccccc2C1. The van der Waals surface area contributed by atoms with Crippen LogP contribution in [0.2, 0.25) is 0 Å². The van der Waals surface area contributed by atoms with Gasteiger partial charge in [-0.25, -0.2) is 9.78 Å². The van der Waals surface area contributed by atoms with Crippen LogP contribution in [0, 0.1) is 0 Å². The molecule has 1 aromatic heterocycles. The van der Waals surface area contributed by atoms with Gasteiger partial charge in [-0.15, -0.1) is 11.3 Å². The van der Waals surface area contributed by atoms with Gasteiger partial charge in [0.1, 0.15) is 11.6 Å². The number of amides is 1. The lowest BCUT2D eigenvalue weighted by Crippen LogP contribution is -2.27. The lowest BCUT2D eigenvalue weighted by Gasteiger charge is -2.22. The van der Waals surface area contributed by atoms with Crippen molar-refractivity contribution < 1.29 is 9.53 Å². The van der Waals surface area contributed by atoms with Gasteiger partial charge >= 0.3 is 6.09 Å². The summed E-state index contributed by atoms with van der Waals surface area (Å²) in [6.45, 7) is 0.770. The van der Waals surface area contributed by atoms with Crippen LogP contribution < -0.4 is 0 Å². The normalized spacial score (nSPS) is 13.2. The van der Waals surface area contributed by atoms with Crippen LogP contribution >= 0.6 is 11.3 Å². The second-order valence-electron chi connectivity index (χ2n) is 4.12. The lowest BCUT2D eigenvalue weighted by molar-refractivity contribution is 0.108. The van der Waals surface area contributed by atoms with E-state index in [1.807, 2.05) is 35.7 Å². The number of thiazole rings is 1. The molecule has 1 aromatic carbocycles. The minimum absolute atomic E-state index is 0.225. The number of nitrogens with zero attached hydrogens (tertiary/aromatic N) is 2.